The van der Waals surface area contributed by atoms with Crippen molar-refractivity contribution in [3.05, 3.63) is 29.3 Å². The van der Waals surface area contributed by atoms with Gasteiger partial charge in [0.05, 0.1) is 26.7 Å². The lowest BCUT2D eigenvalue weighted by molar-refractivity contribution is -0.146. The zero-order valence-electron chi connectivity index (χ0n) is 10.1. The fraction of sp³-hybridized carbons (Fsp3) is 0.500. The molecule has 0 atom stereocenters. The van der Waals surface area contributed by atoms with E-state index >= 15 is 0 Å². The lowest BCUT2D eigenvalue weighted by Gasteiger charge is -2.10. The molecule has 102 valence electrons. The predicted molar refractivity (Wildman–Crippen MR) is 61.2 cm³/mol. The van der Waals surface area contributed by atoms with Crippen LogP contribution >= 0.6 is 0 Å². The van der Waals surface area contributed by atoms with Crippen LogP contribution in [0.15, 0.2) is 18.2 Å². The van der Waals surface area contributed by atoms with E-state index in [1.165, 1.54) is 7.11 Å². The summed E-state index contributed by atoms with van der Waals surface area (Å²) in [5.41, 5.74) is 7.11. The summed E-state index contributed by atoms with van der Waals surface area (Å²) >= 11 is 0. The van der Waals surface area contributed by atoms with Crippen LogP contribution in [0.4, 0.5) is 13.2 Å². The smallest absolute Gasteiger partial charge is 0.391 e. The van der Waals surface area contributed by atoms with E-state index in [1.807, 2.05) is 0 Å². The minimum Gasteiger partial charge on any atom is -0.496 e. The van der Waals surface area contributed by atoms with Gasteiger partial charge in [-0.15, -0.1) is 0 Å². The molecule has 0 radical (unpaired) electrons. The molecule has 1 aromatic rings. The Morgan fingerprint density at radius 2 is 2.00 bits per heavy atom. The maximum atomic E-state index is 11.9. The highest BCUT2D eigenvalue weighted by Crippen LogP contribution is 2.21. The molecule has 2 N–H and O–H groups in total. The van der Waals surface area contributed by atoms with Crippen LogP contribution in [0.3, 0.4) is 0 Å². The Morgan fingerprint density at radius 3 is 2.56 bits per heavy atom. The number of nitrogens with two attached hydrogens (primary N) is 1. The second-order valence-corrected chi connectivity index (χ2v) is 3.77. The molecule has 0 bridgehead atoms. The number of halogens is 3. The Labute approximate surface area is 104 Å². The highest BCUT2D eigenvalue weighted by Gasteiger charge is 2.26. The maximum Gasteiger partial charge on any atom is 0.391 e. The van der Waals surface area contributed by atoms with Crippen LogP contribution < -0.4 is 10.5 Å². The zero-order chi connectivity index (χ0) is 13.6. The van der Waals surface area contributed by atoms with E-state index in [4.69, 9.17) is 15.2 Å². The van der Waals surface area contributed by atoms with Crippen molar-refractivity contribution in [2.24, 2.45) is 5.73 Å². The van der Waals surface area contributed by atoms with Crippen LogP contribution in [-0.2, 0) is 17.9 Å². The first kappa shape index (κ1) is 14.8. The third-order valence-corrected chi connectivity index (χ3v) is 2.37. The third kappa shape index (κ3) is 4.93. The van der Waals surface area contributed by atoms with E-state index in [2.05, 4.69) is 0 Å². The van der Waals surface area contributed by atoms with Gasteiger partial charge in [0.25, 0.3) is 0 Å². The summed E-state index contributed by atoms with van der Waals surface area (Å²) in [5.74, 6) is 0.620. The number of alkyl halides is 3. The van der Waals surface area contributed by atoms with Gasteiger partial charge in [-0.3, -0.25) is 0 Å². The highest BCUT2D eigenvalue weighted by molar-refractivity contribution is 5.37. The van der Waals surface area contributed by atoms with Crippen molar-refractivity contribution >= 4 is 0 Å². The second kappa shape index (κ2) is 6.61. The fourth-order valence-corrected chi connectivity index (χ4v) is 1.43. The average Bonchev–Trinajstić information content (AvgIpc) is 2.33. The molecule has 18 heavy (non-hydrogen) atoms. The van der Waals surface area contributed by atoms with Gasteiger partial charge in [-0.2, -0.15) is 13.2 Å². The summed E-state index contributed by atoms with van der Waals surface area (Å²) in [6.45, 7) is 0.125. The van der Waals surface area contributed by atoms with Gasteiger partial charge in [0.1, 0.15) is 5.75 Å². The van der Waals surface area contributed by atoms with E-state index in [9.17, 15) is 13.2 Å². The maximum absolute atomic E-state index is 11.9. The number of ether oxygens (including phenoxy) is 2. The molecular formula is C12H16F3NO2. The van der Waals surface area contributed by atoms with Crippen molar-refractivity contribution in [2.75, 3.05) is 13.7 Å². The molecule has 0 fully saturated rings. The second-order valence-electron chi connectivity index (χ2n) is 3.77. The van der Waals surface area contributed by atoms with E-state index in [-0.39, 0.29) is 13.2 Å². The Kier molecular flexibility index (Phi) is 5.43. The molecule has 1 aromatic carbocycles. The normalized spacial score (nSPS) is 11.6. The van der Waals surface area contributed by atoms with Crippen LogP contribution in [0.2, 0.25) is 0 Å². The molecular weight excluding hydrogens is 247 g/mol. The van der Waals surface area contributed by atoms with Crippen LogP contribution in [0, 0.1) is 0 Å². The van der Waals surface area contributed by atoms with Crippen molar-refractivity contribution in [2.45, 2.75) is 25.7 Å². The Hall–Kier alpha value is -1.27. The van der Waals surface area contributed by atoms with Gasteiger partial charge >= 0.3 is 6.18 Å². The molecule has 1 rings (SSSR count). The van der Waals surface area contributed by atoms with Gasteiger partial charge < -0.3 is 15.2 Å². The first-order valence-electron chi connectivity index (χ1n) is 5.46. The summed E-state index contributed by atoms with van der Waals surface area (Å²) in [7, 11) is 1.52. The van der Waals surface area contributed by atoms with E-state index in [0.717, 1.165) is 11.1 Å². The molecule has 0 aromatic heterocycles. The Balaban J connectivity index is 2.48. The number of hydrogen-bond acceptors (Lipinski definition) is 3. The summed E-state index contributed by atoms with van der Waals surface area (Å²) < 4.78 is 45.7. The lowest BCUT2D eigenvalue weighted by atomic mass is 10.1. The summed E-state index contributed by atoms with van der Waals surface area (Å²) in [6.07, 6.45) is -5.12. The van der Waals surface area contributed by atoms with Crippen LogP contribution in [0.5, 0.6) is 5.75 Å². The molecule has 6 heteroatoms. The van der Waals surface area contributed by atoms with Gasteiger partial charge in [0, 0.05) is 12.1 Å². The average molecular weight is 263 g/mol. The molecule has 0 heterocycles. The summed E-state index contributed by atoms with van der Waals surface area (Å²) in [6, 6.07) is 5.26. The van der Waals surface area contributed by atoms with Crippen LogP contribution in [0.1, 0.15) is 17.5 Å². The molecule has 3 nitrogen and oxygen atoms in total. The molecule has 0 aliphatic rings. The largest absolute Gasteiger partial charge is 0.496 e. The lowest BCUT2D eigenvalue weighted by Crippen LogP contribution is -2.11. The van der Waals surface area contributed by atoms with Crippen molar-refractivity contribution in [1.82, 2.24) is 0 Å². The number of hydrogen-bond donors (Lipinski definition) is 1. The zero-order valence-corrected chi connectivity index (χ0v) is 10.1. The van der Waals surface area contributed by atoms with E-state index in [0.29, 0.717) is 12.3 Å². The Bertz CT molecular complexity index is 380. The number of rotatable bonds is 6. The molecule has 0 amide bonds. The molecule has 0 aliphatic carbocycles. The van der Waals surface area contributed by atoms with Gasteiger partial charge in [0.2, 0.25) is 0 Å². The van der Waals surface area contributed by atoms with Crippen molar-refractivity contribution < 1.29 is 22.6 Å². The van der Waals surface area contributed by atoms with Crippen molar-refractivity contribution in [3.63, 3.8) is 0 Å². The third-order valence-electron chi connectivity index (χ3n) is 2.37. The van der Waals surface area contributed by atoms with Gasteiger partial charge in [0.15, 0.2) is 0 Å². The quantitative estimate of drug-likeness (QED) is 0.802. The number of benzene rings is 1. The van der Waals surface area contributed by atoms with Gasteiger partial charge in [-0.25, -0.2) is 0 Å². The van der Waals surface area contributed by atoms with Gasteiger partial charge in [-0.05, 0) is 11.6 Å². The first-order chi connectivity index (χ1) is 8.46. The number of methoxy groups -OCH3 is 1. The van der Waals surface area contributed by atoms with Crippen LogP contribution in [-0.4, -0.2) is 19.9 Å². The van der Waals surface area contributed by atoms with Gasteiger partial charge in [-0.1, -0.05) is 12.1 Å². The molecule has 0 spiro atoms. The first-order valence-corrected chi connectivity index (χ1v) is 5.46. The van der Waals surface area contributed by atoms with Crippen molar-refractivity contribution in [1.29, 1.82) is 0 Å². The van der Waals surface area contributed by atoms with E-state index < -0.39 is 12.6 Å². The van der Waals surface area contributed by atoms with Crippen LogP contribution in [0.25, 0.3) is 0 Å². The topological polar surface area (TPSA) is 44.5 Å². The van der Waals surface area contributed by atoms with Crippen molar-refractivity contribution in [3.8, 4) is 5.75 Å². The Morgan fingerprint density at radius 1 is 1.28 bits per heavy atom. The molecule has 0 aliphatic heterocycles. The predicted octanol–water partition coefficient (Wildman–Crippen LogP) is 2.62. The fourth-order valence-electron chi connectivity index (χ4n) is 1.43. The molecule has 0 saturated carbocycles. The monoisotopic (exact) mass is 263 g/mol. The standard InChI is InChI=1S/C12H16F3NO2/c1-17-11-6-9(2-3-10(11)7-16)8-18-5-4-12(13,14)15/h2-3,6H,4-5,7-8,16H2,1H3. The minimum atomic E-state index is -4.18. The highest BCUT2D eigenvalue weighted by atomic mass is 19.4. The molecule has 0 saturated heterocycles. The van der Waals surface area contributed by atoms with E-state index in [1.54, 1.807) is 18.2 Å². The minimum absolute atomic E-state index is 0.122. The summed E-state index contributed by atoms with van der Waals surface area (Å²) in [4.78, 5) is 0. The SMILES string of the molecule is COc1cc(COCCC(F)(F)F)ccc1CN. The summed E-state index contributed by atoms with van der Waals surface area (Å²) in [5, 5.41) is 0. The molecule has 0 unspecified atom stereocenters.